The van der Waals surface area contributed by atoms with Crippen LogP contribution in [0.2, 0.25) is 0 Å². The fraction of sp³-hybridized carbons (Fsp3) is 0.0769. The maximum Gasteiger partial charge on any atom is 0.259 e. The third-order valence-corrected chi connectivity index (χ3v) is 3.06. The number of nitrogens with two attached hydrogens (primary N) is 1. The molecule has 1 amide bonds. The molecule has 3 N–H and O–H groups in total. The highest BCUT2D eigenvalue weighted by Crippen LogP contribution is 2.21. The van der Waals surface area contributed by atoms with Crippen LogP contribution in [-0.4, -0.2) is 10.9 Å². The van der Waals surface area contributed by atoms with Gasteiger partial charge in [-0.05, 0) is 36.8 Å². The van der Waals surface area contributed by atoms with Crippen molar-refractivity contribution in [2.75, 3.05) is 11.1 Å². The number of amides is 1. The number of hydrogen-bond acceptors (Lipinski definition) is 3. The van der Waals surface area contributed by atoms with E-state index in [1.165, 1.54) is 0 Å². The minimum absolute atomic E-state index is 0.00587. The van der Waals surface area contributed by atoms with Gasteiger partial charge >= 0.3 is 0 Å². The highest BCUT2D eigenvalue weighted by Gasteiger charge is 2.13. The van der Waals surface area contributed by atoms with Gasteiger partial charge in [0.25, 0.3) is 5.91 Å². The minimum Gasteiger partial charge on any atom is -0.383 e. The number of nitrogens with zero attached hydrogens (tertiary/aromatic N) is 1. The molecule has 0 fully saturated rings. The number of aryl methyl sites for hydroxylation is 1. The molecule has 0 saturated heterocycles. The first-order valence-corrected chi connectivity index (χ1v) is 6.25. The van der Waals surface area contributed by atoms with Gasteiger partial charge in [0.15, 0.2) is 0 Å². The van der Waals surface area contributed by atoms with Crippen LogP contribution in [0.15, 0.2) is 34.9 Å². The van der Waals surface area contributed by atoms with Crippen molar-refractivity contribution >= 4 is 33.3 Å². The summed E-state index contributed by atoms with van der Waals surface area (Å²) in [6.45, 7) is 1.85. The summed E-state index contributed by atoms with van der Waals surface area (Å²) in [5, 5.41) is 2.68. The molecular formula is C13H11BrFN3O. The number of nitrogen functional groups attached to an aromatic ring is 1. The van der Waals surface area contributed by atoms with Gasteiger partial charge in [0.2, 0.25) is 0 Å². The molecule has 0 saturated carbocycles. The Kier molecular flexibility index (Phi) is 3.80. The average Bonchev–Trinajstić information content (AvgIpc) is 2.35. The normalized spacial score (nSPS) is 10.3. The van der Waals surface area contributed by atoms with E-state index in [1.807, 2.05) is 13.0 Å². The van der Waals surface area contributed by atoms with Gasteiger partial charge in [-0.3, -0.25) is 4.79 Å². The molecule has 1 aromatic carbocycles. The number of carbonyl (C=O) groups excluding carboxylic acids is 1. The van der Waals surface area contributed by atoms with Crippen LogP contribution >= 0.6 is 15.9 Å². The summed E-state index contributed by atoms with van der Waals surface area (Å²) in [5.74, 6) is -1.10. The average molecular weight is 324 g/mol. The van der Waals surface area contributed by atoms with Gasteiger partial charge in [0.1, 0.15) is 11.6 Å². The molecule has 2 rings (SSSR count). The summed E-state index contributed by atoms with van der Waals surface area (Å²) in [6.07, 6.45) is 0.969. The second-order valence-corrected chi connectivity index (χ2v) is 4.92. The Bertz CT molecular complexity index is 646. The molecule has 1 heterocycles. The number of benzene rings is 1. The van der Waals surface area contributed by atoms with E-state index in [0.717, 1.165) is 22.3 Å². The molecular weight excluding hydrogens is 313 g/mol. The van der Waals surface area contributed by atoms with Crippen molar-refractivity contribution < 1.29 is 9.18 Å². The SMILES string of the molecule is Cc1cc(Br)ccc1NC(=O)c1cc(F)cnc1N. The molecule has 4 nitrogen and oxygen atoms in total. The summed E-state index contributed by atoms with van der Waals surface area (Å²) in [4.78, 5) is 15.6. The standard InChI is InChI=1S/C13H11BrFN3O/c1-7-4-8(14)2-3-11(7)18-13(19)10-5-9(15)6-17-12(10)16/h2-6H,1H3,(H2,16,17)(H,18,19). The number of rotatable bonds is 2. The second-order valence-electron chi connectivity index (χ2n) is 4.00. The molecule has 0 aliphatic rings. The maximum atomic E-state index is 13.1. The predicted molar refractivity (Wildman–Crippen MR) is 75.4 cm³/mol. The van der Waals surface area contributed by atoms with E-state index in [2.05, 4.69) is 26.2 Å². The number of aromatic nitrogens is 1. The van der Waals surface area contributed by atoms with Gasteiger partial charge in [-0.1, -0.05) is 15.9 Å². The minimum atomic E-state index is -0.605. The van der Waals surface area contributed by atoms with Gasteiger partial charge < -0.3 is 11.1 Å². The molecule has 19 heavy (non-hydrogen) atoms. The highest BCUT2D eigenvalue weighted by atomic mass is 79.9. The third kappa shape index (κ3) is 3.08. The number of pyridine rings is 1. The van der Waals surface area contributed by atoms with E-state index in [0.29, 0.717) is 5.69 Å². The Balaban J connectivity index is 2.28. The first kappa shape index (κ1) is 13.5. The summed E-state index contributed by atoms with van der Waals surface area (Å²) in [5.41, 5.74) is 7.09. The van der Waals surface area contributed by atoms with Crippen LogP contribution in [-0.2, 0) is 0 Å². The van der Waals surface area contributed by atoms with Gasteiger partial charge in [-0.25, -0.2) is 9.37 Å². The molecule has 2 aromatic rings. The smallest absolute Gasteiger partial charge is 0.259 e. The molecule has 0 unspecified atom stereocenters. The van der Waals surface area contributed by atoms with Gasteiger partial charge in [0.05, 0.1) is 11.8 Å². The number of hydrogen-bond donors (Lipinski definition) is 2. The van der Waals surface area contributed by atoms with Crippen LogP contribution in [0.5, 0.6) is 0 Å². The topological polar surface area (TPSA) is 68.0 Å². The first-order valence-electron chi connectivity index (χ1n) is 5.46. The van der Waals surface area contributed by atoms with Crippen molar-refractivity contribution in [3.8, 4) is 0 Å². The van der Waals surface area contributed by atoms with Crippen LogP contribution in [0, 0.1) is 12.7 Å². The third-order valence-electron chi connectivity index (χ3n) is 2.57. The maximum absolute atomic E-state index is 13.1. The Morgan fingerprint density at radius 1 is 1.42 bits per heavy atom. The van der Waals surface area contributed by atoms with E-state index in [1.54, 1.807) is 12.1 Å². The van der Waals surface area contributed by atoms with E-state index in [-0.39, 0.29) is 11.4 Å². The summed E-state index contributed by atoms with van der Waals surface area (Å²) in [7, 11) is 0. The number of anilines is 2. The molecule has 0 atom stereocenters. The summed E-state index contributed by atoms with van der Waals surface area (Å²) in [6, 6.07) is 6.48. The number of halogens is 2. The van der Waals surface area contributed by atoms with Gasteiger partial charge in [0, 0.05) is 10.2 Å². The van der Waals surface area contributed by atoms with Crippen LogP contribution in [0.1, 0.15) is 15.9 Å². The lowest BCUT2D eigenvalue weighted by Crippen LogP contribution is -2.15. The molecule has 0 radical (unpaired) electrons. The summed E-state index contributed by atoms with van der Waals surface area (Å²) >= 11 is 3.34. The quantitative estimate of drug-likeness (QED) is 0.892. The molecule has 0 bridgehead atoms. The van der Waals surface area contributed by atoms with Crippen molar-refractivity contribution in [1.29, 1.82) is 0 Å². The zero-order valence-electron chi connectivity index (χ0n) is 10.1. The van der Waals surface area contributed by atoms with Crippen LogP contribution in [0.25, 0.3) is 0 Å². The van der Waals surface area contributed by atoms with E-state index in [4.69, 9.17) is 5.73 Å². The first-order chi connectivity index (χ1) is 8.97. The van der Waals surface area contributed by atoms with E-state index < -0.39 is 11.7 Å². The zero-order valence-corrected chi connectivity index (χ0v) is 11.7. The summed E-state index contributed by atoms with van der Waals surface area (Å²) < 4.78 is 14.0. The Morgan fingerprint density at radius 2 is 2.16 bits per heavy atom. The zero-order chi connectivity index (χ0) is 14.0. The second kappa shape index (κ2) is 5.36. The van der Waals surface area contributed by atoms with E-state index in [9.17, 15) is 9.18 Å². The lowest BCUT2D eigenvalue weighted by molar-refractivity contribution is 0.102. The fourth-order valence-electron chi connectivity index (χ4n) is 1.59. The fourth-order valence-corrected chi connectivity index (χ4v) is 2.06. The number of nitrogens with one attached hydrogen (secondary N) is 1. The molecule has 0 aliphatic carbocycles. The lowest BCUT2D eigenvalue weighted by Gasteiger charge is -2.09. The molecule has 98 valence electrons. The monoisotopic (exact) mass is 323 g/mol. The van der Waals surface area contributed by atoms with Crippen molar-refractivity contribution in [2.45, 2.75) is 6.92 Å². The Hall–Kier alpha value is -1.95. The lowest BCUT2D eigenvalue weighted by atomic mass is 10.2. The van der Waals surface area contributed by atoms with Gasteiger partial charge in [-0.15, -0.1) is 0 Å². The largest absolute Gasteiger partial charge is 0.383 e. The van der Waals surface area contributed by atoms with Gasteiger partial charge in [-0.2, -0.15) is 0 Å². The Morgan fingerprint density at radius 3 is 2.84 bits per heavy atom. The van der Waals surface area contributed by atoms with Crippen molar-refractivity contribution in [2.24, 2.45) is 0 Å². The molecule has 1 aromatic heterocycles. The Labute approximate surface area is 118 Å². The molecule has 6 heteroatoms. The molecule has 0 spiro atoms. The predicted octanol–water partition coefficient (Wildman–Crippen LogP) is 3.13. The van der Waals surface area contributed by atoms with Crippen LogP contribution < -0.4 is 11.1 Å². The van der Waals surface area contributed by atoms with E-state index >= 15 is 0 Å². The van der Waals surface area contributed by atoms with Crippen LogP contribution in [0.3, 0.4) is 0 Å². The number of carbonyl (C=O) groups is 1. The van der Waals surface area contributed by atoms with Crippen molar-refractivity contribution in [3.63, 3.8) is 0 Å². The van der Waals surface area contributed by atoms with Crippen molar-refractivity contribution in [3.05, 3.63) is 51.9 Å². The molecule has 0 aliphatic heterocycles. The van der Waals surface area contributed by atoms with Crippen LogP contribution in [0.4, 0.5) is 15.9 Å². The highest BCUT2D eigenvalue weighted by molar-refractivity contribution is 9.10. The van der Waals surface area contributed by atoms with Crippen molar-refractivity contribution in [1.82, 2.24) is 4.98 Å².